The molecule has 2 rings (SSSR count). The fourth-order valence-corrected chi connectivity index (χ4v) is 2.45. The van der Waals surface area contributed by atoms with Crippen LogP contribution >= 0.6 is 0 Å². The monoisotopic (exact) mass is 266 g/mol. The van der Waals surface area contributed by atoms with Crippen LogP contribution in [0.25, 0.3) is 0 Å². The highest BCUT2D eigenvalue weighted by Crippen LogP contribution is 2.23. The van der Waals surface area contributed by atoms with Gasteiger partial charge in [0.25, 0.3) is 0 Å². The zero-order valence-electron chi connectivity index (χ0n) is 12.5. The molecule has 108 valence electrons. The number of nitrogens with two attached hydrogens (primary N) is 1. The Hall–Kier alpha value is -0.940. The molecule has 1 unspecified atom stereocenters. The molecular weight excluding hydrogens is 240 g/mol. The summed E-state index contributed by atoms with van der Waals surface area (Å²) in [6.45, 7) is 11.2. The van der Waals surface area contributed by atoms with E-state index >= 15 is 0 Å². The quantitative estimate of drug-likeness (QED) is 0.905. The highest BCUT2D eigenvalue weighted by molar-refractivity contribution is 4.96. The van der Waals surface area contributed by atoms with Crippen LogP contribution in [0.1, 0.15) is 52.3 Å². The minimum absolute atomic E-state index is 0.0762. The summed E-state index contributed by atoms with van der Waals surface area (Å²) < 4.78 is 5.74. The summed E-state index contributed by atoms with van der Waals surface area (Å²) in [5.74, 6) is 2.10. The van der Waals surface area contributed by atoms with Gasteiger partial charge in [0, 0.05) is 11.5 Å². The van der Waals surface area contributed by atoms with Gasteiger partial charge in [0.1, 0.15) is 0 Å². The summed E-state index contributed by atoms with van der Waals surface area (Å²) >= 11 is 0. The Morgan fingerprint density at radius 2 is 1.95 bits per heavy atom. The molecule has 1 aliphatic rings. The van der Waals surface area contributed by atoms with Crippen molar-refractivity contribution in [3.63, 3.8) is 0 Å². The standard InChI is InChI=1S/C14H26N4O/c1-10(15)11-5-7-18(8-6-11)9-12-16-17-13(19-12)14(2,3)4/h10-11H,5-9,15H2,1-4H3. The Morgan fingerprint density at radius 3 is 2.42 bits per heavy atom. The lowest BCUT2D eigenvalue weighted by molar-refractivity contribution is 0.152. The Bertz CT molecular complexity index is 400. The molecule has 1 fully saturated rings. The van der Waals surface area contributed by atoms with Crippen LogP contribution in [-0.2, 0) is 12.0 Å². The van der Waals surface area contributed by atoms with E-state index in [1.165, 1.54) is 0 Å². The van der Waals surface area contributed by atoms with Crippen LogP contribution in [0.4, 0.5) is 0 Å². The first-order valence-electron chi connectivity index (χ1n) is 7.17. The molecule has 0 bridgehead atoms. The molecule has 5 heteroatoms. The van der Waals surface area contributed by atoms with Crippen molar-refractivity contribution in [1.82, 2.24) is 15.1 Å². The van der Waals surface area contributed by atoms with E-state index in [4.69, 9.17) is 10.2 Å². The number of rotatable bonds is 3. The van der Waals surface area contributed by atoms with Crippen molar-refractivity contribution in [2.75, 3.05) is 13.1 Å². The Balaban J connectivity index is 1.87. The van der Waals surface area contributed by atoms with E-state index in [1.54, 1.807) is 0 Å². The van der Waals surface area contributed by atoms with Gasteiger partial charge in [0.15, 0.2) is 0 Å². The molecule has 0 aromatic carbocycles. The third-order valence-corrected chi connectivity index (χ3v) is 3.84. The maximum Gasteiger partial charge on any atom is 0.230 e. The van der Waals surface area contributed by atoms with Gasteiger partial charge in [0.05, 0.1) is 6.54 Å². The number of hydrogen-bond acceptors (Lipinski definition) is 5. The zero-order chi connectivity index (χ0) is 14.0. The first-order chi connectivity index (χ1) is 8.86. The second-order valence-corrected chi connectivity index (χ2v) is 6.72. The van der Waals surface area contributed by atoms with E-state index in [0.29, 0.717) is 17.9 Å². The van der Waals surface area contributed by atoms with Crippen molar-refractivity contribution < 1.29 is 4.42 Å². The van der Waals surface area contributed by atoms with Crippen LogP contribution in [0, 0.1) is 5.92 Å². The van der Waals surface area contributed by atoms with Gasteiger partial charge < -0.3 is 10.2 Å². The smallest absolute Gasteiger partial charge is 0.230 e. The highest BCUT2D eigenvalue weighted by Gasteiger charge is 2.25. The van der Waals surface area contributed by atoms with E-state index in [0.717, 1.165) is 38.4 Å². The van der Waals surface area contributed by atoms with Crippen LogP contribution in [0.3, 0.4) is 0 Å². The molecule has 5 nitrogen and oxygen atoms in total. The maximum absolute atomic E-state index is 5.96. The van der Waals surface area contributed by atoms with Gasteiger partial charge in [-0.3, -0.25) is 4.90 Å². The Morgan fingerprint density at radius 1 is 1.32 bits per heavy atom. The summed E-state index contributed by atoms with van der Waals surface area (Å²) in [6, 6.07) is 0.304. The molecule has 1 atom stereocenters. The molecule has 1 aliphatic heterocycles. The van der Waals surface area contributed by atoms with Gasteiger partial charge >= 0.3 is 0 Å². The van der Waals surface area contributed by atoms with Crippen molar-refractivity contribution in [3.05, 3.63) is 11.8 Å². The molecule has 0 amide bonds. The summed E-state index contributed by atoms with van der Waals surface area (Å²) in [5.41, 5.74) is 5.88. The summed E-state index contributed by atoms with van der Waals surface area (Å²) in [7, 11) is 0. The van der Waals surface area contributed by atoms with Gasteiger partial charge in [-0.05, 0) is 38.8 Å². The lowest BCUT2D eigenvalue weighted by Crippen LogP contribution is -2.39. The molecule has 0 saturated carbocycles. The normalized spacial score (nSPS) is 20.7. The SMILES string of the molecule is CC(N)C1CCN(Cc2nnc(C(C)(C)C)o2)CC1. The fraction of sp³-hybridized carbons (Fsp3) is 0.857. The van der Waals surface area contributed by atoms with Crippen molar-refractivity contribution in [1.29, 1.82) is 0 Å². The minimum Gasteiger partial charge on any atom is -0.423 e. The zero-order valence-corrected chi connectivity index (χ0v) is 12.5. The molecule has 1 aromatic heterocycles. The number of hydrogen-bond donors (Lipinski definition) is 1. The lowest BCUT2D eigenvalue weighted by atomic mass is 9.91. The highest BCUT2D eigenvalue weighted by atomic mass is 16.4. The Kier molecular flexibility index (Phi) is 4.26. The lowest BCUT2D eigenvalue weighted by Gasteiger charge is -2.32. The van der Waals surface area contributed by atoms with Crippen molar-refractivity contribution in [3.8, 4) is 0 Å². The maximum atomic E-state index is 5.96. The van der Waals surface area contributed by atoms with Gasteiger partial charge in [-0.1, -0.05) is 20.8 Å². The van der Waals surface area contributed by atoms with Crippen LogP contribution in [0.15, 0.2) is 4.42 Å². The second-order valence-electron chi connectivity index (χ2n) is 6.72. The van der Waals surface area contributed by atoms with Gasteiger partial charge in [0.2, 0.25) is 11.8 Å². The van der Waals surface area contributed by atoms with E-state index in [1.807, 2.05) is 0 Å². The third-order valence-electron chi connectivity index (χ3n) is 3.84. The number of nitrogens with zero attached hydrogens (tertiary/aromatic N) is 3. The van der Waals surface area contributed by atoms with E-state index in [9.17, 15) is 0 Å². The largest absolute Gasteiger partial charge is 0.423 e. The van der Waals surface area contributed by atoms with Crippen LogP contribution in [-0.4, -0.2) is 34.2 Å². The van der Waals surface area contributed by atoms with Crippen LogP contribution < -0.4 is 5.73 Å². The summed E-state index contributed by atoms with van der Waals surface area (Å²) in [4.78, 5) is 2.37. The molecule has 2 N–H and O–H groups in total. The molecule has 2 heterocycles. The average molecular weight is 266 g/mol. The van der Waals surface area contributed by atoms with E-state index in [2.05, 4.69) is 42.8 Å². The number of aromatic nitrogens is 2. The average Bonchev–Trinajstić information content (AvgIpc) is 2.78. The predicted molar refractivity (Wildman–Crippen MR) is 74.6 cm³/mol. The molecule has 0 radical (unpaired) electrons. The van der Waals surface area contributed by atoms with E-state index < -0.39 is 0 Å². The first kappa shape index (κ1) is 14.5. The second kappa shape index (κ2) is 5.59. The van der Waals surface area contributed by atoms with E-state index in [-0.39, 0.29) is 5.41 Å². The van der Waals surface area contributed by atoms with Gasteiger partial charge in [-0.15, -0.1) is 10.2 Å². The molecule has 1 aromatic rings. The molecule has 0 spiro atoms. The van der Waals surface area contributed by atoms with Crippen LogP contribution in [0.2, 0.25) is 0 Å². The van der Waals surface area contributed by atoms with Crippen molar-refractivity contribution in [2.24, 2.45) is 11.7 Å². The molecule has 1 saturated heterocycles. The Labute approximate surface area is 115 Å². The molecular formula is C14H26N4O. The fourth-order valence-electron chi connectivity index (χ4n) is 2.45. The topological polar surface area (TPSA) is 68.2 Å². The van der Waals surface area contributed by atoms with Crippen LogP contribution in [0.5, 0.6) is 0 Å². The van der Waals surface area contributed by atoms with Crippen molar-refractivity contribution >= 4 is 0 Å². The van der Waals surface area contributed by atoms with Gasteiger partial charge in [-0.25, -0.2) is 0 Å². The predicted octanol–water partition coefficient (Wildman–Crippen LogP) is 1.93. The molecule has 0 aliphatic carbocycles. The first-order valence-corrected chi connectivity index (χ1v) is 7.17. The van der Waals surface area contributed by atoms with Crippen molar-refractivity contribution in [2.45, 2.75) is 58.5 Å². The summed E-state index contributed by atoms with van der Waals surface area (Å²) in [6.07, 6.45) is 2.33. The molecule has 19 heavy (non-hydrogen) atoms. The number of likely N-dealkylation sites (tertiary alicyclic amines) is 1. The summed E-state index contributed by atoms with van der Waals surface area (Å²) in [5, 5.41) is 8.28. The third kappa shape index (κ3) is 3.76. The minimum atomic E-state index is -0.0762. The van der Waals surface area contributed by atoms with Gasteiger partial charge in [-0.2, -0.15) is 0 Å². The number of piperidine rings is 1.